The Bertz CT molecular complexity index is 1130. The Morgan fingerprint density at radius 2 is 1.86 bits per heavy atom. The van der Waals surface area contributed by atoms with E-state index in [1.54, 1.807) is 0 Å². The highest BCUT2D eigenvalue weighted by molar-refractivity contribution is 9.10. The van der Waals surface area contributed by atoms with E-state index in [9.17, 15) is 8.42 Å². The molecule has 9 heteroatoms. The Labute approximate surface area is 177 Å². The van der Waals surface area contributed by atoms with Crippen LogP contribution in [0.1, 0.15) is 11.3 Å². The lowest BCUT2D eigenvalue weighted by molar-refractivity contribution is 0.392. The van der Waals surface area contributed by atoms with Crippen LogP contribution < -0.4 is 14.2 Å². The second-order valence-electron chi connectivity index (χ2n) is 6.20. The highest BCUT2D eigenvalue weighted by Gasteiger charge is 2.22. The molecular weight excluding hydrogens is 468 g/mol. The summed E-state index contributed by atoms with van der Waals surface area (Å²) < 4.78 is 39.6. The molecule has 0 bridgehead atoms. The van der Waals surface area contributed by atoms with Crippen molar-refractivity contribution in [3.8, 4) is 11.5 Å². The molecule has 1 heterocycles. The smallest absolute Gasteiger partial charge is 0.244 e. The second kappa shape index (κ2) is 8.32. The predicted octanol–water partition coefficient (Wildman–Crippen LogP) is 4.43. The molecule has 2 N–H and O–H groups in total. The quantitative estimate of drug-likeness (QED) is 0.517. The fourth-order valence-electron chi connectivity index (χ4n) is 3.11. The van der Waals surface area contributed by atoms with Crippen LogP contribution in [0.3, 0.4) is 0 Å². The first-order valence-corrected chi connectivity index (χ1v) is 11.1. The third kappa shape index (κ3) is 4.15. The molecule has 28 heavy (non-hydrogen) atoms. The van der Waals surface area contributed by atoms with Crippen molar-refractivity contribution in [2.45, 2.75) is 18.2 Å². The van der Waals surface area contributed by atoms with Crippen molar-refractivity contribution < 1.29 is 17.9 Å². The third-order valence-corrected chi connectivity index (χ3v) is 6.75. The van der Waals surface area contributed by atoms with Crippen molar-refractivity contribution in [2.75, 3.05) is 20.8 Å². The Kier molecular flexibility index (Phi) is 6.24. The van der Waals surface area contributed by atoms with Crippen molar-refractivity contribution in [3.63, 3.8) is 0 Å². The van der Waals surface area contributed by atoms with E-state index in [-0.39, 0.29) is 28.0 Å². The highest BCUT2D eigenvalue weighted by Crippen LogP contribution is 2.35. The lowest BCUT2D eigenvalue weighted by Crippen LogP contribution is -2.26. The monoisotopic (exact) mass is 486 g/mol. The standard InChI is InChI=1S/C19H20BrClN2O4S/c1-11-13(14-8-12(20)4-5-16(14)23-11)6-7-22-28(24,25)19-10-17(26-2)15(21)9-18(19)27-3/h4-5,8-10,22-23H,6-7H2,1-3H3. The van der Waals surface area contributed by atoms with Crippen LogP contribution in [-0.4, -0.2) is 34.2 Å². The van der Waals surface area contributed by atoms with Gasteiger partial charge in [-0.05, 0) is 37.1 Å². The number of rotatable bonds is 7. The minimum absolute atomic E-state index is 0.0188. The van der Waals surface area contributed by atoms with E-state index >= 15 is 0 Å². The summed E-state index contributed by atoms with van der Waals surface area (Å²) in [5, 5.41) is 1.34. The van der Waals surface area contributed by atoms with Gasteiger partial charge >= 0.3 is 0 Å². The van der Waals surface area contributed by atoms with Crippen LogP contribution in [-0.2, 0) is 16.4 Å². The van der Waals surface area contributed by atoms with Gasteiger partial charge in [0.25, 0.3) is 0 Å². The number of fused-ring (bicyclic) bond motifs is 1. The Balaban J connectivity index is 1.83. The molecule has 0 aliphatic heterocycles. The molecule has 0 fully saturated rings. The summed E-state index contributed by atoms with van der Waals surface area (Å²) in [5.41, 5.74) is 3.10. The van der Waals surface area contributed by atoms with Gasteiger partial charge < -0.3 is 14.5 Å². The Morgan fingerprint density at radius 1 is 1.14 bits per heavy atom. The molecule has 3 aromatic rings. The number of hydrogen-bond donors (Lipinski definition) is 2. The van der Waals surface area contributed by atoms with E-state index in [2.05, 4.69) is 25.6 Å². The van der Waals surface area contributed by atoms with Crippen molar-refractivity contribution in [1.29, 1.82) is 0 Å². The second-order valence-corrected chi connectivity index (χ2v) is 9.26. The van der Waals surface area contributed by atoms with E-state index in [4.69, 9.17) is 21.1 Å². The number of ether oxygens (including phenoxy) is 2. The summed E-state index contributed by atoms with van der Waals surface area (Å²) in [7, 11) is -0.994. The largest absolute Gasteiger partial charge is 0.495 e. The van der Waals surface area contributed by atoms with Crippen molar-refractivity contribution in [1.82, 2.24) is 9.71 Å². The lowest BCUT2D eigenvalue weighted by Gasteiger charge is -2.13. The van der Waals surface area contributed by atoms with E-state index in [0.717, 1.165) is 26.6 Å². The van der Waals surface area contributed by atoms with Crippen molar-refractivity contribution in [2.24, 2.45) is 0 Å². The molecule has 2 aromatic carbocycles. The van der Waals surface area contributed by atoms with Crippen LogP contribution in [0.25, 0.3) is 10.9 Å². The molecule has 0 radical (unpaired) electrons. The van der Waals surface area contributed by atoms with Crippen LogP contribution in [0, 0.1) is 6.92 Å². The van der Waals surface area contributed by atoms with Gasteiger partial charge in [-0.2, -0.15) is 0 Å². The van der Waals surface area contributed by atoms with Gasteiger partial charge in [-0.3, -0.25) is 0 Å². The topological polar surface area (TPSA) is 80.4 Å². The fraction of sp³-hybridized carbons (Fsp3) is 0.263. The number of halogens is 2. The van der Waals surface area contributed by atoms with Gasteiger partial charge in [0.05, 0.1) is 19.2 Å². The van der Waals surface area contributed by atoms with Gasteiger partial charge in [0.1, 0.15) is 16.4 Å². The molecule has 0 saturated carbocycles. The summed E-state index contributed by atoms with van der Waals surface area (Å²) >= 11 is 9.54. The van der Waals surface area contributed by atoms with E-state index < -0.39 is 10.0 Å². The summed E-state index contributed by atoms with van der Waals surface area (Å²) in [6.45, 7) is 2.21. The molecule has 0 saturated heterocycles. The highest BCUT2D eigenvalue weighted by atomic mass is 79.9. The third-order valence-electron chi connectivity index (χ3n) is 4.48. The van der Waals surface area contributed by atoms with Gasteiger partial charge in [-0.1, -0.05) is 27.5 Å². The number of H-pyrrole nitrogens is 1. The molecule has 0 amide bonds. The van der Waals surface area contributed by atoms with Crippen LogP contribution in [0.4, 0.5) is 0 Å². The number of aryl methyl sites for hydroxylation is 1. The maximum atomic E-state index is 12.8. The number of aromatic amines is 1. The minimum atomic E-state index is -3.81. The van der Waals surface area contributed by atoms with Gasteiger partial charge in [-0.15, -0.1) is 0 Å². The van der Waals surface area contributed by atoms with Gasteiger partial charge in [-0.25, -0.2) is 13.1 Å². The number of methoxy groups -OCH3 is 2. The van der Waals surface area contributed by atoms with Crippen LogP contribution in [0.15, 0.2) is 39.7 Å². The summed E-state index contributed by atoms with van der Waals surface area (Å²) in [6, 6.07) is 8.76. The number of benzene rings is 2. The summed E-state index contributed by atoms with van der Waals surface area (Å²) in [4.78, 5) is 3.31. The SMILES string of the molecule is COc1cc(S(=O)(=O)NCCc2c(C)[nH]c3ccc(Br)cc23)c(OC)cc1Cl. The average molecular weight is 488 g/mol. The lowest BCUT2D eigenvalue weighted by atomic mass is 10.1. The molecule has 6 nitrogen and oxygen atoms in total. The molecule has 0 aliphatic carbocycles. The van der Waals surface area contributed by atoms with Crippen molar-refractivity contribution >= 4 is 48.5 Å². The van der Waals surface area contributed by atoms with Crippen molar-refractivity contribution in [3.05, 3.63) is 51.1 Å². The summed E-state index contributed by atoms with van der Waals surface area (Å²) in [5.74, 6) is 0.422. The number of hydrogen-bond acceptors (Lipinski definition) is 4. The van der Waals surface area contributed by atoms with Gasteiger partial charge in [0.15, 0.2) is 0 Å². The molecule has 0 atom stereocenters. The molecule has 3 rings (SSSR count). The number of sulfonamides is 1. The van der Waals surface area contributed by atoms with Crippen LogP contribution in [0.5, 0.6) is 11.5 Å². The summed E-state index contributed by atoms with van der Waals surface area (Å²) in [6.07, 6.45) is 0.536. The first kappa shape index (κ1) is 21.0. The average Bonchev–Trinajstić information content (AvgIpc) is 2.96. The first-order chi connectivity index (χ1) is 13.3. The number of nitrogens with one attached hydrogen (secondary N) is 2. The first-order valence-electron chi connectivity index (χ1n) is 8.44. The van der Waals surface area contributed by atoms with Gasteiger partial charge in [0, 0.05) is 39.7 Å². The molecule has 1 aromatic heterocycles. The Hall–Kier alpha value is -1.74. The minimum Gasteiger partial charge on any atom is -0.495 e. The normalized spacial score (nSPS) is 11.8. The van der Waals surface area contributed by atoms with Gasteiger partial charge in [0.2, 0.25) is 10.0 Å². The molecular formula is C19H20BrClN2O4S. The molecule has 0 spiro atoms. The van der Waals surface area contributed by atoms with E-state index in [1.807, 2.05) is 25.1 Å². The van der Waals surface area contributed by atoms with Crippen LogP contribution >= 0.6 is 27.5 Å². The zero-order valence-electron chi connectivity index (χ0n) is 15.6. The van der Waals surface area contributed by atoms with Crippen LogP contribution in [0.2, 0.25) is 5.02 Å². The molecule has 0 aliphatic rings. The van der Waals surface area contributed by atoms with E-state index in [1.165, 1.54) is 26.4 Å². The number of aromatic nitrogens is 1. The zero-order valence-corrected chi connectivity index (χ0v) is 18.8. The Morgan fingerprint density at radius 3 is 2.54 bits per heavy atom. The van der Waals surface area contributed by atoms with E-state index in [0.29, 0.717) is 6.42 Å². The molecule has 150 valence electrons. The molecule has 0 unspecified atom stereocenters. The maximum absolute atomic E-state index is 12.8. The maximum Gasteiger partial charge on any atom is 0.244 e. The predicted molar refractivity (Wildman–Crippen MR) is 114 cm³/mol. The zero-order chi connectivity index (χ0) is 20.5. The fourth-order valence-corrected chi connectivity index (χ4v) is 4.89.